The van der Waals surface area contributed by atoms with E-state index in [4.69, 9.17) is 0 Å². The lowest BCUT2D eigenvalue weighted by molar-refractivity contribution is 0.885. The molecule has 0 aliphatic heterocycles. The van der Waals surface area contributed by atoms with Crippen LogP contribution in [0.15, 0.2) is 78.5 Å². The van der Waals surface area contributed by atoms with Crippen LogP contribution >= 0.6 is 66.3 Å². The van der Waals surface area contributed by atoms with Crippen LogP contribution in [0.4, 0.5) is 0 Å². The van der Waals surface area contributed by atoms with Gasteiger partial charge in [-0.3, -0.25) is 4.57 Å². The number of thiazole rings is 1. The molecule has 2 aromatic carbocycles. The van der Waals surface area contributed by atoms with Gasteiger partial charge in [-0.15, -0.1) is 21.5 Å². The molecule has 5 rings (SSSR count). The van der Waals surface area contributed by atoms with Gasteiger partial charge in [0.2, 0.25) is 5.16 Å². The van der Waals surface area contributed by atoms with Gasteiger partial charge in [0.15, 0.2) is 10.2 Å². The fourth-order valence-corrected chi connectivity index (χ4v) is 7.07. The number of hydrogen-bond donors (Lipinski definition) is 0. The summed E-state index contributed by atoms with van der Waals surface area (Å²) < 4.78 is 5.99. The van der Waals surface area contributed by atoms with Crippen LogP contribution in [0, 0.1) is 0 Å². The minimum Gasteiger partial charge on any atom is -0.269 e. The summed E-state index contributed by atoms with van der Waals surface area (Å²) in [4.78, 5) is 5.62. The number of fused-ring (bicyclic) bond motifs is 1. The van der Waals surface area contributed by atoms with Gasteiger partial charge < -0.3 is 0 Å². The SMILES string of the molecule is Brc1nc(Sc2nnc(-c3cc4ccccc4s3)n2-c2ccccc2)sc1Br. The number of rotatable bonds is 4. The second kappa shape index (κ2) is 7.72. The standard InChI is InChI=1S/C19H10Br2N4S3/c20-15-16(21)27-19(22-15)28-18-24-23-17(25(18)12-7-2-1-3-8-12)14-10-11-6-4-5-9-13(11)26-14/h1-10H. The second-order valence-corrected chi connectivity index (χ2v) is 11.1. The normalized spacial score (nSPS) is 11.4. The van der Waals surface area contributed by atoms with Crippen LogP contribution in [0.1, 0.15) is 0 Å². The quantitative estimate of drug-likeness (QED) is 0.236. The highest BCUT2D eigenvalue weighted by molar-refractivity contribution is 9.13. The predicted octanol–water partition coefficient (Wildman–Crippen LogP) is 7.28. The van der Waals surface area contributed by atoms with E-state index in [0.29, 0.717) is 0 Å². The Morgan fingerprint density at radius 3 is 2.43 bits per heavy atom. The third kappa shape index (κ3) is 3.46. The van der Waals surface area contributed by atoms with Crippen LogP contribution in [0.5, 0.6) is 0 Å². The van der Waals surface area contributed by atoms with Crippen molar-refractivity contribution in [2.45, 2.75) is 9.50 Å². The van der Waals surface area contributed by atoms with Crippen LogP contribution in [0.3, 0.4) is 0 Å². The highest BCUT2D eigenvalue weighted by Crippen LogP contribution is 2.40. The first-order valence-electron chi connectivity index (χ1n) is 8.18. The van der Waals surface area contributed by atoms with Crippen molar-refractivity contribution >= 4 is 76.4 Å². The predicted molar refractivity (Wildman–Crippen MR) is 124 cm³/mol. The first-order valence-corrected chi connectivity index (χ1v) is 12.2. The Balaban J connectivity index is 1.66. The van der Waals surface area contributed by atoms with Gasteiger partial charge in [0.05, 0.1) is 4.88 Å². The Kier molecular flexibility index (Phi) is 5.10. The summed E-state index contributed by atoms with van der Waals surface area (Å²) in [6.07, 6.45) is 0. The fraction of sp³-hybridized carbons (Fsp3) is 0. The zero-order valence-corrected chi connectivity index (χ0v) is 19.7. The number of benzene rings is 2. The van der Waals surface area contributed by atoms with Gasteiger partial charge in [-0.25, -0.2) is 4.98 Å². The zero-order valence-electron chi connectivity index (χ0n) is 14.0. The van der Waals surface area contributed by atoms with Crippen LogP contribution in [-0.4, -0.2) is 19.7 Å². The van der Waals surface area contributed by atoms with E-state index in [1.807, 2.05) is 18.2 Å². The molecule has 28 heavy (non-hydrogen) atoms. The van der Waals surface area contributed by atoms with Crippen LogP contribution in [-0.2, 0) is 0 Å². The van der Waals surface area contributed by atoms with Crippen LogP contribution in [0.25, 0.3) is 26.5 Å². The van der Waals surface area contributed by atoms with E-state index in [2.05, 4.69) is 94.1 Å². The minimum absolute atomic E-state index is 0.785. The molecule has 0 fully saturated rings. The molecule has 5 aromatic rings. The van der Waals surface area contributed by atoms with Gasteiger partial charge in [-0.05, 0) is 73.3 Å². The molecule has 0 saturated carbocycles. The lowest BCUT2D eigenvalue weighted by Gasteiger charge is -2.08. The lowest BCUT2D eigenvalue weighted by Crippen LogP contribution is -1.98. The molecular formula is C19H10Br2N4S3. The van der Waals surface area contributed by atoms with Crippen molar-refractivity contribution in [1.29, 1.82) is 0 Å². The molecule has 0 bridgehead atoms. The number of para-hydroxylation sites is 1. The Morgan fingerprint density at radius 1 is 0.893 bits per heavy atom. The lowest BCUT2D eigenvalue weighted by atomic mass is 10.2. The molecule has 0 aliphatic carbocycles. The van der Waals surface area contributed by atoms with Crippen molar-refractivity contribution in [2.75, 3.05) is 0 Å². The average molecular weight is 550 g/mol. The second-order valence-electron chi connectivity index (χ2n) is 5.77. The van der Waals surface area contributed by atoms with E-state index in [-0.39, 0.29) is 0 Å². The van der Waals surface area contributed by atoms with Crippen molar-refractivity contribution in [3.8, 4) is 16.4 Å². The number of hydrogen-bond acceptors (Lipinski definition) is 6. The van der Waals surface area contributed by atoms with Gasteiger partial charge in [0.1, 0.15) is 8.39 Å². The van der Waals surface area contributed by atoms with E-state index in [0.717, 1.165) is 34.3 Å². The van der Waals surface area contributed by atoms with Crippen molar-refractivity contribution in [3.05, 3.63) is 69.1 Å². The van der Waals surface area contributed by atoms with E-state index >= 15 is 0 Å². The molecule has 3 heterocycles. The van der Waals surface area contributed by atoms with E-state index in [1.165, 1.54) is 21.8 Å². The third-order valence-electron chi connectivity index (χ3n) is 4.00. The Labute approximate surface area is 189 Å². The fourth-order valence-electron chi connectivity index (χ4n) is 2.78. The maximum absolute atomic E-state index is 4.54. The molecule has 3 aromatic heterocycles. The summed E-state index contributed by atoms with van der Waals surface area (Å²) in [5, 5.41) is 11.0. The smallest absolute Gasteiger partial charge is 0.203 e. The number of thiophene rings is 1. The third-order valence-corrected chi connectivity index (χ3v) is 9.19. The molecule has 0 radical (unpaired) electrons. The van der Waals surface area contributed by atoms with Crippen LogP contribution in [0.2, 0.25) is 0 Å². The minimum atomic E-state index is 0.785. The van der Waals surface area contributed by atoms with E-state index in [1.54, 1.807) is 22.7 Å². The first kappa shape index (κ1) is 18.5. The zero-order chi connectivity index (χ0) is 19.1. The van der Waals surface area contributed by atoms with Gasteiger partial charge in [0.25, 0.3) is 0 Å². The number of nitrogens with zero attached hydrogens (tertiary/aromatic N) is 4. The number of aromatic nitrogens is 4. The van der Waals surface area contributed by atoms with Gasteiger partial charge in [-0.2, -0.15) is 0 Å². The summed E-state index contributed by atoms with van der Waals surface area (Å²) in [7, 11) is 0. The van der Waals surface area contributed by atoms with Gasteiger partial charge >= 0.3 is 0 Å². The highest BCUT2D eigenvalue weighted by Gasteiger charge is 2.20. The Morgan fingerprint density at radius 2 is 1.68 bits per heavy atom. The van der Waals surface area contributed by atoms with Crippen molar-refractivity contribution in [3.63, 3.8) is 0 Å². The average Bonchev–Trinajstić information content (AvgIpc) is 3.39. The molecule has 0 atom stereocenters. The molecule has 4 nitrogen and oxygen atoms in total. The molecule has 0 aliphatic rings. The molecule has 0 saturated heterocycles. The van der Waals surface area contributed by atoms with Crippen LogP contribution < -0.4 is 0 Å². The Bertz CT molecular complexity index is 1220. The summed E-state index contributed by atoms with van der Waals surface area (Å²) >= 11 is 11.8. The summed E-state index contributed by atoms with van der Waals surface area (Å²) in [6, 6.07) is 20.7. The molecule has 9 heteroatoms. The highest BCUT2D eigenvalue weighted by atomic mass is 79.9. The molecule has 0 N–H and O–H groups in total. The molecule has 0 spiro atoms. The van der Waals surface area contributed by atoms with Gasteiger partial charge in [-0.1, -0.05) is 47.7 Å². The summed E-state index contributed by atoms with van der Waals surface area (Å²) in [5.74, 6) is 0.838. The maximum atomic E-state index is 4.54. The molecular weight excluding hydrogens is 540 g/mol. The summed E-state index contributed by atoms with van der Waals surface area (Å²) in [5.41, 5.74) is 1.03. The molecule has 138 valence electrons. The summed E-state index contributed by atoms with van der Waals surface area (Å²) in [6.45, 7) is 0. The Hall–Kier alpha value is -1.52. The molecule has 0 unspecified atom stereocenters. The monoisotopic (exact) mass is 548 g/mol. The van der Waals surface area contributed by atoms with Crippen molar-refractivity contribution in [2.24, 2.45) is 0 Å². The van der Waals surface area contributed by atoms with E-state index in [9.17, 15) is 0 Å². The van der Waals surface area contributed by atoms with Crippen molar-refractivity contribution < 1.29 is 0 Å². The maximum Gasteiger partial charge on any atom is 0.203 e. The van der Waals surface area contributed by atoms with E-state index < -0.39 is 0 Å². The largest absolute Gasteiger partial charge is 0.269 e. The van der Waals surface area contributed by atoms with Gasteiger partial charge in [0, 0.05) is 10.4 Å². The van der Waals surface area contributed by atoms with Crippen molar-refractivity contribution in [1.82, 2.24) is 19.7 Å². The number of halogens is 2. The molecule has 0 amide bonds. The topological polar surface area (TPSA) is 43.6 Å². The first-order chi connectivity index (χ1) is 13.7.